The molecule has 5 nitrogen and oxygen atoms in total. The molecule has 1 aliphatic rings. The highest BCUT2D eigenvalue weighted by atomic mass is 127. The second-order valence-corrected chi connectivity index (χ2v) is 7.17. The third kappa shape index (κ3) is 5.73. The van der Waals surface area contributed by atoms with Crippen LogP contribution in [0.25, 0.3) is 0 Å². The summed E-state index contributed by atoms with van der Waals surface area (Å²) < 4.78 is 1.13. The van der Waals surface area contributed by atoms with Crippen molar-refractivity contribution in [2.45, 2.75) is 6.42 Å². The normalized spacial score (nSPS) is 16.1. The van der Waals surface area contributed by atoms with E-state index in [2.05, 4.69) is 51.8 Å². The summed E-state index contributed by atoms with van der Waals surface area (Å²) >= 11 is 2.25. The molecule has 22 heavy (non-hydrogen) atoms. The van der Waals surface area contributed by atoms with Gasteiger partial charge in [0.25, 0.3) is 0 Å². The van der Waals surface area contributed by atoms with Crippen molar-refractivity contribution in [3.05, 3.63) is 27.8 Å². The lowest BCUT2D eigenvalue weighted by Gasteiger charge is -2.34. The molecule has 1 aromatic rings. The predicted octanol–water partition coefficient (Wildman–Crippen LogP) is 2.39. The van der Waals surface area contributed by atoms with Crippen LogP contribution in [0, 0.1) is 3.57 Å². The average molecular weight is 416 g/mol. The van der Waals surface area contributed by atoms with E-state index in [4.69, 9.17) is 0 Å². The molecule has 1 fully saturated rings. The van der Waals surface area contributed by atoms with E-state index < -0.39 is 0 Å². The Balaban J connectivity index is 1.73. The first kappa shape index (κ1) is 17.5. The highest BCUT2D eigenvalue weighted by Gasteiger charge is 2.20. The van der Waals surface area contributed by atoms with Gasteiger partial charge >= 0.3 is 6.03 Å². The Morgan fingerprint density at radius 1 is 1.27 bits per heavy atom. The van der Waals surface area contributed by atoms with E-state index in [0.717, 1.165) is 48.5 Å². The van der Waals surface area contributed by atoms with Crippen molar-refractivity contribution >= 4 is 34.3 Å². The van der Waals surface area contributed by atoms with Gasteiger partial charge in [0.1, 0.15) is 0 Å². The van der Waals surface area contributed by atoms with E-state index in [-0.39, 0.29) is 6.03 Å². The molecule has 0 atom stereocenters. The molecule has 0 radical (unpaired) electrons. The van der Waals surface area contributed by atoms with Crippen molar-refractivity contribution in [2.75, 3.05) is 58.7 Å². The maximum atomic E-state index is 12.3. The number of hydrogen-bond acceptors (Lipinski definition) is 3. The van der Waals surface area contributed by atoms with Crippen molar-refractivity contribution in [1.29, 1.82) is 0 Å². The summed E-state index contributed by atoms with van der Waals surface area (Å²) in [6, 6.07) is 7.89. The molecule has 122 valence electrons. The van der Waals surface area contributed by atoms with E-state index in [1.54, 1.807) is 0 Å². The average Bonchev–Trinajstić information content (AvgIpc) is 2.47. The number of hydrogen-bond donors (Lipinski definition) is 1. The zero-order chi connectivity index (χ0) is 15.9. The number of piperazine rings is 1. The number of carbonyl (C=O) groups excluding carboxylic acids is 1. The first-order valence-corrected chi connectivity index (χ1v) is 8.81. The molecule has 0 aromatic heterocycles. The Hall–Kier alpha value is -0.860. The summed E-state index contributed by atoms with van der Waals surface area (Å²) in [5, 5.41) is 2.98. The van der Waals surface area contributed by atoms with Crippen LogP contribution < -0.4 is 5.32 Å². The van der Waals surface area contributed by atoms with Crippen LogP contribution in [-0.2, 0) is 0 Å². The van der Waals surface area contributed by atoms with Gasteiger partial charge in [-0.25, -0.2) is 4.79 Å². The van der Waals surface area contributed by atoms with Crippen LogP contribution in [0.15, 0.2) is 24.3 Å². The summed E-state index contributed by atoms with van der Waals surface area (Å²) in [4.78, 5) is 18.8. The van der Waals surface area contributed by atoms with Crippen molar-refractivity contribution in [3.8, 4) is 0 Å². The molecule has 2 rings (SSSR count). The molecular formula is C16H25IN4O. The molecule has 0 saturated carbocycles. The molecular weight excluding hydrogens is 391 g/mol. The van der Waals surface area contributed by atoms with Crippen molar-refractivity contribution < 1.29 is 4.79 Å². The van der Waals surface area contributed by atoms with Crippen LogP contribution >= 0.6 is 22.6 Å². The lowest BCUT2D eigenvalue weighted by Crippen LogP contribution is -2.50. The molecule has 0 aliphatic carbocycles. The largest absolute Gasteiger partial charge is 0.322 e. The van der Waals surface area contributed by atoms with Gasteiger partial charge in [-0.2, -0.15) is 0 Å². The summed E-state index contributed by atoms with van der Waals surface area (Å²) in [7, 11) is 4.21. The van der Waals surface area contributed by atoms with Crippen molar-refractivity contribution in [2.24, 2.45) is 0 Å². The summed E-state index contributed by atoms with van der Waals surface area (Å²) in [5.74, 6) is 0. The zero-order valence-corrected chi connectivity index (χ0v) is 15.5. The molecule has 0 spiro atoms. The van der Waals surface area contributed by atoms with Crippen molar-refractivity contribution in [3.63, 3.8) is 0 Å². The Morgan fingerprint density at radius 3 is 2.64 bits per heavy atom. The summed E-state index contributed by atoms with van der Waals surface area (Å²) in [5.41, 5.74) is 0.866. The van der Waals surface area contributed by atoms with E-state index >= 15 is 0 Å². The monoisotopic (exact) mass is 416 g/mol. The minimum Gasteiger partial charge on any atom is -0.322 e. The molecule has 1 aliphatic heterocycles. The molecule has 0 unspecified atom stereocenters. The van der Waals surface area contributed by atoms with Crippen LogP contribution in [0.2, 0.25) is 0 Å². The third-order valence-electron chi connectivity index (χ3n) is 3.82. The maximum absolute atomic E-state index is 12.3. The Bertz CT molecular complexity index is 487. The van der Waals surface area contributed by atoms with Gasteiger partial charge in [0.2, 0.25) is 0 Å². The standard InChI is InChI=1S/C16H25IN4O/c1-19(2)7-4-8-20-9-11-21(12-10-20)16(22)18-15-6-3-5-14(17)13-15/h3,5-6,13H,4,7-12H2,1-2H3,(H,18,22). The fourth-order valence-corrected chi connectivity index (χ4v) is 3.10. The Kier molecular flexibility index (Phi) is 6.91. The van der Waals surface area contributed by atoms with Crippen molar-refractivity contribution in [1.82, 2.24) is 14.7 Å². The number of carbonyl (C=O) groups is 1. The van der Waals surface area contributed by atoms with Gasteiger partial charge in [0.05, 0.1) is 0 Å². The molecule has 0 bridgehead atoms. The number of benzene rings is 1. The number of halogens is 1. The van der Waals surface area contributed by atoms with Gasteiger partial charge < -0.3 is 15.1 Å². The predicted molar refractivity (Wildman–Crippen MR) is 99.4 cm³/mol. The van der Waals surface area contributed by atoms with Gasteiger partial charge in [-0.1, -0.05) is 6.07 Å². The summed E-state index contributed by atoms with van der Waals surface area (Å²) in [6.45, 7) is 5.77. The minimum absolute atomic E-state index is 0.00921. The second-order valence-electron chi connectivity index (χ2n) is 5.93. The smallest absolute Gasteiger partial charge is 0.321 e. The van der Waals surface area contributed by atoms with E-state index in [1.807, 2.05) is 29.2 Å². The molecule has 6 heteroatoms. The van der Waals surface area contributed by atoms with Gasteiger partial charge in [0.15, 0.2) is 0 Å². The minimum atomic E-state index is 0.00921. The zero-order valence-electron chi connectivity index (χ0n) is 13.4. The Labute approximate surface area is 146 Å². The lowest BCUT2D eigenvalue weighted by molar-refractivity contribution is 0.144. The van der Waals surface area contributed by atoms with Gasteiger partial charge in [-0.15, -0.1) is 0 Å². The van der Waals surface area contributed by atoms with Gasteiger partial charge in [-0.05, 0) is 74.4 Å². The van der Waals surface area contributed by atoms with E-state index in [0.29, 0.717) is 0 Å². The SMILES string of the molecule is CN(C)CCCN1CCN(C(=O)Nc2cccc(I)c2)CC1. The topological polar surface area (TPSA) is 38.8 Å². The number of nitrogens with one attached hydrogen (secondary N) is 1. The molecule has 1 aromatic carbocycles. The van der Waals surface area contributed by atoms with Crippen LogP contribution in [0.1, 0.15) is 6.42 Å². The molecule has 2 amide bonds. The highest BCUT2D eigenvalue weighted by Crippen LogP contribution is 2.13. The van der Waals surface area contributed by atoms with Crippen LogP contribution in [0.3, 0.4) is 0 Å². The van der Waals surface area contributed by atoms with Gasteiger partial charge in [0, 0.05) is 35.4 Å². The molecule has 1 heterocycles. The first-order chi connectivity index (χ1) is 10.5. The highest BCUT2D eigenvalue weighted by molar-refractivity contribution is 14.1. The number of anilines is 1. The lowest BCUT2D eigenvalue weighted by atomic mass is 10.3. The number of amides is 2. The fourth-order valence-electron chi connectivity index (χ4n) is 2.55. The first-order valence-electron chi connectivity index (χ1n) is 7.73. The van der Waals surface area contributed by atoms with Crippen LogP contribution in [0.4, 0.5) is 10.5 Å². The van der Waals surface area contributed by atoms with Crippen LogP contribution in [-0.4, -0.2) is 74.1 Å². The fraction of sp³-hybridized carbons (Fsp3) is 0.562. The second kappa shape index (κ2) is 8.69. The maximum Gasteiger partial charge on any atom is 0.321 e. The van der Waals surface area contributed by atoms with E-state index in [9.17, 15) is 4.79 Å². The van der Waals surface area contributed by atoms with Crippen LogP contribution in [0.5, 0.6) is 0 Å². The number of urea groups is 1. The number of rotatable bonds is 5. The number of nitrogens with zero attached hydrogens (tertiary/aromatic N) is 3. The van der Waals surface area contributed by atoms with E-state index in [1.165, 1.54) is 6.42 Å². The van der Waals surface area contributed by atoms with Gasteiger partial charge in [-0.3, -0.25) is 4.90 Å². The third-order valence-corrected chi connectivity index (χ3v) is 4.49. The summed E-state index contributed by atoms with van der Waals surface area (Å²) in [6.07, 6.45) is 1.18. The molecule has 1 N–H and O–H groups in total. The molecule has 1 saturated heterocycles. The Morgan fingerprint density at radius 2 is 2.00 bits per heavy atom. The quantitative estimate of drug-likeness (QED) is 0.750.